The Bertz CT molecular complexity index is 342. The van der Waals surface area contributed by atoms with E-state index < -0.39 is 0 Å². The maximum atomic E-state index is 10.7. The van der Waals surface area contributed by atoms with E-state index in [4.69, 9.17) is 5.73 Å². The molecule has 0 saturated heterocycles. The summed E-state index contributed by atoms with van der Waals surface area (Å²) >= 11 is 0. The maximum absolute atomic E-state index is 10.7. The number of hydrogen-bond donors (Lipinski definition) is 1. The molecule has 0 heterocycles. The van der Waals surface area contributed by atoms with Crippen molar-refractivity contribution >= 4 is 6.29 Å². The molecular weight excluding hydrogens is 174 g/mol. The molecule has 1 unspecified atom stereocenters. The quantitative estimate of drug-likeness (QED) is 0.745. The van der Waals surface area contributed by atoms with Crippen molar-refractivity contribution in [2.24, 2.45) is 5.73 Å². The number of nitrogens with two attached hydrogens (primary N) is 1. The molecule has 0 aliphatic carbocycles. The van der Waals surface area contributed by atoms with Crippen LogP contribution >= 0.6 is 0 Å². The fourth-order valence-electron chi connectivity index (χ4n) is 1.82. The van der Waals surface area contributed by atoms with Gasteiger partial charge in [0.05, 0.1) is 0 Å². The Morgan fingerprint density at radius 3 is 2.57 bits per heavy atom. The highest BCUT2D eigenvalue weighted by molar-refractivity contribution is 5.78. The summed E-state index contributed by atoms with van der Waals surface area (Å²) in [5.41, 5.74) is 10.1. The summed E-state index contributed by atoms with van der Waals surface area (Å²) in [4.78, 5) is 10.7. The van der Waals surface area contributed by atoms with E-state index in [9.17, 15) is 4.79 Å². The van der Waals surface area contributed by atoms with E-state index in [1.54, 1.807) is 0 Å². The highest BCUT2D eigenvalue weighted by atomic mass is 16.1. The van der Waals surface area contributed by atoms with Crippen molar-refractivity contribution in [1.82, 2.24) is 0 Å². The lowest BCUT2D eigenvalue weighted by Crippen LogP contribution is -2.10. The molecule has 2 N–H and O–H groups in total. The van der Waals surface area contributed by atoms with E-state index in [-0.39, 0.29) is 6.04 Å². The van der Waals surface area contributed by atoms with Crippen molar-refractivity contribution in [2.75, 3.05) is 0 Å². The number of rotatable bonds is 3. The van der Waals surface area contributed by atoms with Crippen molar-refractivity contribution in [3.05, 3.63) is 34.4 Å². The summed E-state index contributed by atoms with van der Waals surface area (Å²) < 4.78 is 0. The van der Waals surface area contributed by atoms with Gasteiger partial charge in [0.15, 0.2) is 0 Å². The number of hydrogen-bond acceptors (Lipinski definition) is 2. The van der Waals surface area contributed by atoms with Gasteiger partial charge < -0.3 is 5.73 Å². The topological polar surface area (TPSA) is 43.1 Å². The molecule has 0 aromatic heterocycles. The minimum atomic E-state index is 0.0318. The Hall–Kier alpha value is -1.15. The molecule has 0 bridgehead atoms. The van der Waals surface area contributed by atoms with Gasteiger partial charge in [-0.1, -0.05) is 19.1 Å². The first-order valence-electron chi connectivity index (χ1n) is 4.95. The standard InChI is InChI=1S/C12H17NO/c1-4-11-8(2)10(7-14)5-6-12(11)9(3)13/h5-7,9H,4,13H2,1-3H3. The zero-order chi connectivity index (χ0) is 10.7. The van der Waals surface area contributed by atoms with Crippen LogP contribution in [0.15, 0.2) is 12.1 Å². The van der Waals surface area contributed by atoms with Crippen LogP contribution in [0.25, 0.3) is 0 Å². The molecule has 0 aliphatic rings. The second-order valence-corrected chi connectivity index (χ2v) is 3.61. The Morgan fingerprint density at radius 2 is 2.14 bits per heavy atom. The summed E-state index contributed by atoms with van der Waals surface area (Å²) in [7, 11) is 0. The molecule has 76 valence electrons. The Kier molecular flexibility index (Phi) is 3.42. The van der Waals surface area contributed by atoms with Gasteiger partial charge in [0.2, 0.25) is 0 Å². The minimum absolute atomic E-state index is 0.0318. The molecule has 2 nitrogen and oxygen atoms in total. The molecule has 0 fully saturated rings. The second-order valence-electron chi connectivity index (χ2n) is 3.61. The molecule has 0 aliphatic heterocycles. The summed E-state index contributed by atoms with van der Waals surface area (Å²) in [5.74, 6) is 0. The van der Waals surface area contributed by atoms with Gasteiger partial charge in [-0.3, -0.25) is 4.79 Å². The van der Waals surface area contributed by atoms with Crippen LogP contribution in [0.1, 0.15) is 46.9 Å². The third-order valence-corrected chi connectivity index (χ3v) is 2.65. The third kappa shape index (κ3) is 1.85. The Labute approximate surface area is 85.1 Å². The van der Waals surface area contributed by atoms with Gasteiger partial charge in [0, 0.05) is 11.6 Å². The lowest BCUT2D eigenvalue weighted by atomic mass is 9.92. The molecule has 1 aromatic rings. The van der Waals surface area contributed by atoms with E-state index in [0.717, 1.165) is 29.4 Å². The van der Waals surface area contributed by atoms with Crippen LogP contribution in [0.4, 0.5) is 0 Å². The van der Waals surface area contributed by atoms with Gasteiger partial charge in [-0.25, -0.2) is 0 Å². The molecular formula is C12H17NO. The number of carbonyl (C=O) groups excluding carboxylic acids is 1. The molecule has 0 saturated carbocycles. The zero-order valence-corrected chi connectivity index (χ0v) is 9.00. The predicted molar refractivity (Wildman–Crippen MR) is 58.5 cm³/mol. The fourth-order valence-corrected chi connectivity index (χ4v) is 1.82. The van der Waals surface area contributed by atoms with E-state index in [2.05, 4.69) is 6.92 Å². The second kappa shape index (κ2) is 4.38. The SMILES string of the molecule is CCc1c(C(C)N)ccc(C=O)c1C. The van der Waals surface area contributed by atoms with E-state index >= 15 is 0 Å². The summed E-state index contributed by atoms with van der Waals surface area (Å²) in [6.45, 7) is 6.03. The minimum Gasteiger partial charge on any atom is -0.324 e. The first-order valence-corrected chi connectivity index (χ1v) is 4.95. The molecule has 2 heteroatoms. The van der Waals surface area contributed by atoms with Crippen LogP contribution in [0.2, 0.25) is 0 Å². The van der Waals surface area contributed by atoms with Crippen LogP contribution in [-0.2, 0) is 6.42 Å². The van der Waals surface area contributed by atoms with E-state index in [0.29, 0.717) is 0 Å². The first kappa shape index (κ1) is 10.9. The van der Waals surface area contributed by atoms with Crippen molar-refractivity contribution in [3.63, 3.8) is 0 Å². The van der Waals surface area contributed by atoms with Crippen molar-refractivity contribution in [1.29, 1.82) is 0 Å². The lowest BCUT2D eigenvalue weighted by Gasteiger charge is -2.15. The van der Waals surface area contributed by atoms with Crippen LogP contribution in [0.5, 0.6) is 0 Å². The largest absolute Gasteiger partial charge is 0.324 e. The normalized spacial score (nSPS) is 12.6. The van der Waals surface area contributed by atoms with Crippen LogP contribution in [0.3, 0.4) is 0 Å². The monoisotopic (exact) mass is 191 g/mol. The van der Waals surface area contributed by atoms with Gasteiger partial charge in [-0.15, -0.1) is 0 Å². The van der Waals surface area contributed by atoms with Gasteiger partial charge >= 0.3 is 0 Å². The van der Waals surface area contributed by atoms with Crippen molar-refractivity contribution in [2.45, 2.75) is 33.2 Å². The molecule has 0 spiro atoms. The average Bonchev–Trinajstić information content (AvgIpc) is 2.17. The van der Waals surface area contributed by atoms with Gasteiger partial charge in [0.25, 0.3) is 0 Å². The number of aldehydes is 1. The van der Waals surface area contributed by atoms with Gasteiger partial charge in [0.1, 0.15) is 6.29 Å². The molecule has 1 rings (SSSR count). The predicted octanol–water partition coefficient (Wildman–Crippen LogP) is 2.39. The fraction of sp³-hybridized carbons (Fsp3) is 0.417. The van der Waals surface area contributed by atoms with Gasteiger partial charge in [-0.2, -0.15) is 0 Å². The Balaban J connectivity index is 3.35. The molecule has 0 amide bonds. The molecule has 0 radical (unpaired) electrons. The van der Waals surface area contributed by atoms with E-state index in [1.807, 2.05) is 26.0 Å². The van der Waals surface area contributed by atoms with Gasteiger partial charge in [-0.05, 0) is 37.0 Å². The lowest BCUT2D eigenvalue weighted by molar-refractivity contribution is 0.112. The first-order chi connectivity index (χ1) is 6.61. The third-order valence-electron chi connectivity index (χ3n) is 2.65. The number of carbonyl (C=O) groups is 1. The summed E-state index contributed by atoms with van der Waals surface area (Å²) in [5, 5.41) is 0. The van der Waals surface area contributed by atoms with Crippen molar-refractivity contribution < 1.29 is 4.79 Å². The molecule has 14 heavy (non-hydrogen) atoms. The molecule has 1 aromatic carbocycles. The summed E-state index contributed by atoms with van der Waals surface area (Å²) in [6.07, 6.45) is 1.82. The van der Waals surface area contributed by atoms with Crippen molar-refractivity contribution in [3.8, 4) is 0 Å². The summed E-state index contributed by atoms with van der Waals surface area (Å²) in [6, 6.07) is 3.84. The average molecular weight is 191 g/mol. The van der Waals surface area contributed by atoms with E-state index in [1.165, 1.54) is 5.56 Å². The zero-order valence-electron chi connectivity index (χ0n) is 9.00. The van der Waals surface area contributed by atoms with Crippen LogP contribution < -0.4 is 5.73 Å². The smallest absolute Gasteiger partial charge is 0.150 e. The number of benzene rings is 1. The highest BCUT2D eigenvalue weighted by Crippen LogP contribution is 2.22. The highest BCUT2D eigenvalue weighted by Gasteiger charge is 2.10. The Morgan fingerprint density at radius 1 is 1.50 bits per heavy atom. The van der Waals surface area contributed by atoms with Crippen LogP contribution in [-0.4, -0.2) is 6.29 Å². The molecule has 1 atom stereocenters. The maximum Gasteiger partial charge on any atom is 0.150 e. The van der Waals surface area contributed by atoms with Crippen LogP contribution in [0, 0.1) is 6.92 Å².